The van der Waals surface area contributed by atoms with Crippen LogP contribution < -0.4 is 11.1 Å². The second-order valence-corrected chi connectivity index (χ2v) is 3.73. The monoisotopic (exact) mass is 226 g/mol. The van der Waals surface area contributed by atoms with Crippen molar-refractivity contribution in [1.82, 2.24) is 15.1 Å². The van der Waals surface area contributed by atoms with Crippen LogP contribution in [0.4, 0.5) is 5.69 Å². The molecule has 1 aromatic heterocycles. The summed E-state index contributed by atoms with van der Waals surface area (Å²) in [7, 11) is 1.66. The lowest BCUT2D eigenvalue weighted by molar-refractivity contribution is 0.0906. The predicted molar refractivity (Wildman–Crippen MR) is 61.0 cm³/mol. The number of aliphatic hydroxyl groups is 1. The average molecular weight is 226 g/mol. The van der Waals surface area contributed by atoms with Crippen molar-refractivity contribution in [3.05, 3.63) is 11.4 Å². The number of carbonyl (C=O) groups excluding carboxylic acids is 1. The molecule has 1 aromatic rings. The van der Waals surface area contributed by atoms with Crippen molar-refractivity contribution in [3.8, 4) is 0 Å². The number of hydrogen-bond acceptors (Lipinski definition) is 4. The van der Waals surface area contributed by atoms with Gasteiger partial charge < -0.3 is 16.2 Å². The molecule has 0 saturated heterocycles. The maximum Gasteiger partial charge on any atom is 0.271 e. The third kappa shape index (κ3) is 2.33. The largest absolute Gasteiger partial charge is 0.395 e. The lowest BCUT2D eigenvalue weighted by atomic mass is 10.2. The molecular weight excluding hydrogens is 208 g/mol. The van der Waals surface area contributed by atoms with Crippen molar-refractivity contribution in [2.75, 3.05) is 12.3 Å². The zero-order chi connectivity index (χ0) is 12.3. The summed E-state index contributed by atoms with van der Waals surface area (Å²) in [5.41, 5.74) is 7.11. The molecule has 0 aromatic carbocycles. The van der Waals surface area contributed by atoms with E-state index in [-0.39, 0.29) is 18.6 Å². The Hall–Kier alpha value is -1.56. The maximum atomic E-state index is 11.9. The maximum absolute atomic E-state index is 11.9. The lowest BCUT2D eigenvalue weighted by Gasteiger charge is -2.14. The van der Waals surface area contributed by atoms with Crippen LogP contribution in [0.3, 0.4) is 0 Å². The molecule has 0 aliphatic carbocycles. The minimum atomic E-state index is -0.304. The molecule has 1 atom stereocenters. The topological polar surface area (TPSA) is 93.2 Å². The van der Waals surface area contributed by atoms with Gasteiger partial charge in [0, 0.05) is 7.05 Å². The number of nitrogens with one attached hydrogen (secondary N) is 1. The van der Waals surface area contributed by atoms with E-state index in [1.54, 1.807) is 14.0 Å². The quantitative estimate of drug-likeness (QED) is 0.663. The zero-order valence-corrected chi connectivity index (χ0v) is 9.82. The normalized spacial score (nSPS) is 12.5. The van der Waals surface area contributed by atoms with Crippen molar-refractivity contribution < 1.29 is 9.90 Å². The Bertz CT molecular complexity index is 382. The second kappa shape index (κ2) is 4.98. The van der Waals surface area contributed by atoms with Crippen LogP contribution in [-0.4, -0.2) is 33.4 Å². The van der Waals surface area contributed by atoms with E-state index < -0.39 is 0 Å². The number of aliphatic hydroxyl groups excluding tert-OH is 1. The Morgan fingerprint density at radius 1 is 1.69 bits per heavy atom. The summed E-state index contributed by atoms with van der Waals surface area (Å²) in [6, 6.07) is -0.248. The highest BCUT2D eigenvalue weighted by Gasteiger charge is 2.19. The first kappa shape index (κ1) is 12.5. The van der Waals surface area contributed by atoms with E-state index in [2.05, 4.69) is 10.4 Å². The van der Waals surface area contributed by atoms with Gasteiger partial charge in [0.05, 0.1) is 24.0 Å². The van der Waals surface area contributed by atoms with Gasteiger partial charge in [-0.3, -0.25) is 9.48 Å². The SMILES string of the molecule is CC[C@@H](CO)NC(=O)c1c(N)c(C)nn1C. The number of hydrogen-bond donors (Lipinski definition) is 3. The summed E-state index contributed by atoms with van der Waals surface area (Å²) in [4.78, 5) is 11.9. The minimum absolute atomic E-state index is 0.0843. The van der Waals surface area contributed by atoms with Gasteiger partial charge in [-0.25, -0.2) is 0 Å². The van der Waals surface area contributed by atoms with Gasteiger partial charge >= 0.3 is 0 Å². The summed E-state index contributed by atoms with van der Waals surface area (Å²) >= 11 is 0. The van der Waals surface area contributed by atoms with E-state index in [9.17, 15) is 4.79 Å². The fraction of sp³-hybridized carbons (Fsp3) is 0.600. The number of nitrogens with zero attached hydrogens (tertiary/aromatic N) is 2. The molecule has 4 N–H and O–H groups in total. The third-order valence-corrected chi connectivity index (χ3v) is 2.53. The molecule has 16 heavy (non-hydrogen) atoms. The van der Waals surface area contributed by atoms with Crippen LogP contribution in [0.1, 0.15) is 29.5 Å². The average Bonchev–Trinajstić information content (AvgIpc) is 2.49. The van der Waals surface area contributed by atoms with Crippen LogP contribution >= 0.6 is 0 Å². The Morgan fingerprint density at radius 2 is 2.31 bits per heavy atom. The standard InChI is InChI=1S/C10H18N4O2/c1-4-7(5-15)12-10(16)9-8(11)6(2)13-14(9)3/h7,15H,4-5,11H2,1-3H3,(H,12,16)/t7-/m0/s1. The molecule has 1 amide bonds. The van der Waals surface area contributed by atoms with E-state index >= 15 is 0 Å². The lowest BCUT2D eigenvalue weighted by Crippen LogP contribution is -2.38. The highest BCUT2D eigenvalue weighted by Crippen LogP contribution is 2.15. The molecule has 6 nitrogen and oxygen atoms in total. The highest BCUT2D eigenvalue weighted by molar-refractivity contribution is 5.98. The summed E-state index contributed by atoms with van der Waals surface area (Å²) in [5, 5.41) is 15.8. The molecule has 0 aliphatic heterocycles. The first-order chi connectivity index (χ1) is 7.51. The first-order valence-electron chi connectivity index (χ1n) is 5.22. The fourth-order valence-corrected chi connectivity index (χ4v) is 1.47. The van der Waals surface area contributed by atoms with E-state index in [1.807, 2.05) is 6.92 Å². The molecule has 0 unspecified atom stereocenters. The van der Waals surface area contributed by atoms with Gasteiger partial charge in [-0.05, 0) is 13.3 Å². The molecule has 6 heteroatoms. The molecule has 0 aliphatic rings. The van der Waals surface area contributed by atoms with Gasteiger partial charge in [0.25, 0.3) is 5.91 Å². The molecule has 1 rings (SSSR count). The number of rotatable bonds is 4. The van der Waals surface area contributed by atoms with Gasteiger partial charge in [-0.2, -0.15) is 5.10 Å². The molecule has 1 heterocycles. The molecule has 0 saturated carbocycles. The number of nitrogen functional groups attached to an aromatic ring is 1. The summed E-state index contributed by atoms with van der Waals surface area (Å²) < 4.78 is 1.45. The predicted octanol–water partition coefficient (Wildman–Crippen LogP) is -0.189. The second-order valence-electron chi connectivity index (χ2n) is 3.73. The van der Waals surface area contributed by atoms with E-state index in [4.69, 9.17) is 10.8 Å². The molecule has 0 radical (unpaired) electrons. The van der Waals surface area contributed by atoms with Crippen LogP contribution in [0.5, 0.6) is 0 Å². The number of aryl methyl sites for hydroxylation is 2. The van der Waals surface area contributed by atoms with Crippen LogP contribution in [0.25, 0.3) is 0 Å². The number of anilines is 1. The van der Waals surface area contributed by atoms with E-state index in [0.717, 1.165) is 0 Å². The zero-order valence-electron chi connectivity index (χ0n) is 9.82. The number of carbonyl (C=O) groups is 1. The van der Waals surface area contributed by atoms with Gasteiger partial charge in [0.15, 0.2) is 0 Å². The molecule has 0 bridgehead atoms. The molecule has 0 spiro atoms. The number of aromatic nitrogens is 2. The Balaban J connectivity index is 2.88. The van der Waals surface area contributed by atoms with E-state index in [0.29, 0.717) is 23.5 Å². The Labute approximate surface area is 94.4 Å². The van der Waals surface area contributed by atoms with Gasteiger partial charge in [0.2, 0.25) is 0 Å². The first-order valence-corrected chi connectivity index (χ1v) is 5.22. The Morgan fingerprint density at radius 3 is 2.69 bits per heavy atom. The van der Waals surface area contributed by atoms with Crippen LogP contribution in [0.2, 0.25) is 0 Å². The summed E-state index contributed by atoms with van der Waals surface area (Å²) in [5.74, 6) is -0.304. The number of amides is 1. The smallest absolute Gasteiger partial charge is 0.271 e. The minimum Gasteiger partial charge on any atom is -0.395 e. The molecule has 0 fully saturated rings. The van der Waals surface area contributed by atoms with Crippen molar-refractivity contribution in [2.45, 2.75) is 26.3 Å². The van der Waals surface area contributed by atoms with Crippen LogP contribution in [-0.2, 0) is 7.05 Å². The van der Waals surface area contributed by atoms with Gasteiger partial charge in [-0.1, -0.05) is 6.92 Å². The van der Waals surface area contributed by atoms with Crippen LogP contribution in [0, 0.1) is 6.92 Å². The highest BCUT2D eigenvalue weighted by atomic mass is 16.3. The third-order valence-electron chi connectivity index (χ3n) is 2.53. The molecular formula is C10H18N4O2. The van der Waals surface area contributed by atoms with Gasteiger partial charge in [0.1, 0.15) is 5.69 Å². The van der Waals surface area contributed by atoms with E-state index in [1.165, 1.54) is 4.68 Å². The van der Waals surface area contributed by atoms with Crippen molar-refractivity contribution in [2.24, 2.45) is 7.05 Å². The number of nitrogens with two attached hydrogens (primary N) is 1. The van der Waals surface area contributed by atoms with Crippen molar-refractivity contribution in [1.29, 1.82) is 0 Å². The van der Waals surface area contributed by atoms with Crippen molar-refractivity contribution in [3.63, 3.8) is 0 Å². The fourth-order valence-electron chi connectivity index (χ4n) is 1.47. The summed E-state index contributed by atoms with van der Waals surface area (Å²) in [6.45, 7) is 3.55. The summed E-state index contributed by atoms with van der Waals surface area (Å²) in [6.07, 6.45) is 0.666. The van der Waals surface area contributed by atoms with Crippen LogP contribution in [0.15, 0.2) is 0 Å². The van der Waals surface area contributed by atoms with Gasteiger partial charge in [-0.15, -0.1) is 0 Å². The molecule has 90 valence electrons. The van der Waals surface area contributed by atoms with Crippen molar-refractivity contribution >= 4 is 11.6 Å². The Kier molecular flexibility index (Phi) is 3.89.